The average Bonchev–Trinajstić information content (AvgIpc) is 1.06. The van der Waals surface area contributed by atoms with Gasteiger partial charge < -0.3 is 120 Å². The van der Waals surface area contributed by atoms with Crippen molar-refractivity contribution < 1.29 is 125 Å². The van der Waals surface area contributed by atoms with Gasteiger partial charge in [0, 0.05) is 65.1 Å². The van der Waals surface area contributed by atoms with E-state index < -0.39 is 30.0 Å². The Balaban J connectivity index is 3.54. The van der Waals surface area contributed by atoms with E-state index in [9.17, 15) is 57.8 Å². The molecule has 2 atom stereocenters. The summed E-state index contributed by atoms with van der Waals surface area (Å²) in [4.78, 5) is 130. The monoisotopic (exact) mass is 1480 g/mol. The molecule has 0 aliphatic heterocycles. The van der Waals surface area contributed by atoms with Gasteiger partial charge in [0.25, 0.3) is 0 Å². The van der Waals surface area contributed by atoms with Crippen molar-refractivity contribution in [3.63, 3.8) is 0 Å². The van der Waals surface area contributed by atoms with Gasteiger partial charge in [-0.1, -0.05) is 89.9 Å². The molecule has 0 saturated carbocycles. The highest BCUT2D eigenvalue weighted by Crippen LogP contribution is 2.15. The highest BCUT2D eigenvalue weighted by atomic mass is 16.6. The van der Waals surface area contributed by atoms with Crippen molar-refractivity contribution in [2.45, 2.75) is 160 Å². The van der Waals surface area contributed by atoms with Gasteiger partial charge in [0.15, 0.2) is 0 Å². The van der Waals surface area contributed by atoms with Crippen molar-refractivity contribution >= 4 is 65.2 Å². The van der Waals surface area contributed by atoms with Crippen LogP contribution in [0.5, 0.6) is 0 Å². The predicted molar refractivity (Wildman–Crippen MR) is 375 cm³/mol. The second-order valence-corrected chi connectivity index (χ2v) is 23.7. The quantitative estimate of drug-likeness (QED) is 0.0364. The molecule has 0 aromatic heterocycles. The van der Waals surface area contributed by atoms with Crippen LogP contribution in [0.15, 0.2) is 0 Å². The zero-order valence-electron chi connectivity index (χ0n) is 61.1. The molecule has 598 valence electrons. The minimum absolute atomic E-state index is 0.0444. The van der Waals surface area contributed by atoms with E-state index in [0.29, 0.717) is 32.2 Å². The van der Waals surface area contributed by atoms with Crippen molar-refractivity contribution in [1.82, 2.24) is 47.9 Å². The van der Waals surface area contributed by atoms with Gasteiger partial charge in [0.2, 0.25) is 47.3 Å². The Bertz CT molecular complexity index is 2200. The molecule has 0 aliphatic rings. The summed E-state index contributed by atoms with van der Waals surface area (Å²) in [6, 6.07) is -1.76. The lowest BCUT2D eigenvalue weighted by Gasteiger charge is -2.14. The number of hydrogen-bond acceptors (Lipinski definition) is 24. The molecule has 0 aromatic rings. The molecule has 35 nitrogen and oxygen atoms in total. The molecule has 12 N–H and O–H groups in total. The number of amides is 8. The molecule has 8 amide bonds. The molecule has 0 bridgehead atoms. The number of rotatable bonds is 79. The Morgan fingerprint density at radius 3 is 0.767 bits per heavy atom. The van der Waals surface area contributed by atoms with Crippen molar-refractivity contribution in [3.05, 3.63) is 0 Å². The van der Waals surface area contributed by atoms with Crippen LogP contribution in [-0.2, 0) is 110 Å². The largest absolute Gasteiger partial charge is 0.481 e. The minimum Gasteiger partial charge on any atom is -0.481 e. The summed E-state index contributed by atoms with van der Waals surface area (Å²) < 4.78 is 64.1. The Hall–Kier alpha value is -6.35. The lowest BCUT2D eigenvalue weighted by molar-refractivity contribution is -0.142. The summed E-state index contributed by atoms with van der Waals surface area (Å²) in [6.07, 6.45) is 19.8. The number of unbranched alkanes of at least 4 members (excludes halogenated alkanes) is 16. The first-order valence-corrected chi connectivity index (χ1v) is 36.5. The summed E-state index contributed by atoms with van der Waals surface area (Å²) in [5, 5.41) is 51.2. The van der Waals surface area contributed by atoms with Crippen LogP contribution in [0, 0.1) is 0 Å². The first-order valence-electron chi connectivity index (χ1n) is 36.5. The van der Waals surface area contributed by atoms with E-state index >= 15 is 0 Å². The Morgan fingerprint density at radius 2 is 0.495 bits per heavy atom. The highest BCUT2D eigenvalue weighted by molar-refractivity contribution is 5.84. The van der Waals surface area contributed by atoms with Crippen LogP contribution in [0.2, 0.25) is 0 Å². The molecule has 0 spiro atoms. The molecule has 0 radical (unpaired) electrons. The Kier molecular flexibility index (Phi) is 69.4. The van der Waals surface area contributed by atoms with Gasteiger partial charge in [0.1, 0.15) is 51.7 Å². The molecule has 0 aliphatic carbocycles. The number of nitrogens with one attached hydrogen (secondary N) is 9. The van der Waals surface area contributed by atoms with Crippen LogP contribution in [0.25, 0.3) is 0 Å². The maximum Gasteiger partial charge on any atom is 0.326 e. The third kappa shape index (κ3) is 72.4. The second kappa shape index (κ2) is 73.9. The van der Waals surface area contributed by atoms with Crippen LogP contribution in [0.1, 0.15) is 148 Å². The van der Waals surface area contributed by atoms with Gasteiger partial charge in [-0.15, -0.1) is 0 Å². The summed E-state index contributed by atoms with van der Waals surface area (Å²) >= 11 is 0. The first kappa shape index (κ1) is 96.6. The summed E-state index contributed by atoms with van der Waals surface area (Å²) in [6.45, 7) is 4.34. The van der Waals surface area contributed by atoms with Crippen LogP contribution >= 0.6 is 0 Å². The summed E-state index contributed by atoms with van der Waals surface area (Å²) in [5.74, 6) is -5.50. The maximum atomic E-state index is 12.4. The SMILES string of the molecule is CN[C@@H](CCCCNC(=O)COCCOCCNC(=O)COCCOCCNC(=O)COCCOCCNC(=O)COCCOCCNC(=O)COCCOCCNC(=O)COCCOCCNC(=O)CC[C@H](NC(=O)CCCCCCCCCCCCCCCCCCC(=O)O)C(=O)O)C(=O)O. The normalized spacial score (nSPS) is 11.7. The highest BCUT2D eigenvalue weighted by Gasteiger charge is 2.21. The molecule has 0 unspecified atom stereocenters. The lowest BCUT2D eigenvalue weighted by atomic mass is 10.0. The number of carboxylic acids is 3. The van der Waals surface area contributed by atoms with Crippen LogP contribution < -0.4 is 47.9 Å². The second-order valence-electron chi connectivity index (χ2n) is 23.7. The number of aliphatic carboxylic acids is 3. The third-order valence-corrected chi connectivity index (χ3v) is 14.8. The molecular weight excluding hydrogens is 1360 g/mol. The average molecular weight is 1480 g/mol. The summed E-state index contributed by atoms with van der Waals surface area (Å²) in [5.41, 5.74) is 0. The van der Waals surface area contributed by atoms with E-state index in [2.05, 4.69) is 47.9 Å². The topological polar surface area (TPSA) is 467 Å². The van der Waals surface area contributed by atoms with Crippen molar-refractivity contribution in [1.29, 1.82) is 0 Å². The molecular formula is C68H125N9O26. The smallest absolute Gasteiger partial charge is 0.326 e. The van der Waals surface area contributed by atoms with E-state index in [4.69, 9.17) is 67.1 Å². The zero-order chi connectivity index (χ0) is 75.5. The van der Waals surface area contributed by atoms with Crippen molar-refractivity contribution in [3.8, 4) is 0 Å². The molecule has 103 heavy (non-hydrogen) atoms. The van der Waals surface area contributed by atoms with Gasteiger partial charge in [0.05, 0.1) is 119 Å². The number of likely N-dealkylation sites (N-methyl/N-ethyl adjacent to an activating group) is 1. The fourth-order valence-electron chi connectivity index (χ4n) is 9.21. The maximum absolute atomic E-state index is 12.4. The Labute approximate surface area is 607 Å². The van der Waals surface area contributed by atoms with Gasteiger partial charge in [-0.05, 0) is 45.6 Å². The van der Waals surface area contributed by atoms with Gasteiger partial charge in [-0.2, -0.15) is 0 Å². The fraction of sp³-hybridized carbons (Fsp3) is 0.838. The zero-order valence-corrected chi connectivity index (χ0v) is 61.1. The van der Waals surface area contributed by atoms with Crippen LogP contribution in [-0.4, -0.2) is 304 Å². The van der Waals surface area contributed by atoms with E-state index in [1.807, 2.05) is 0 Å². The third-order valence-electron chi connectivity index (χ3n) is 14.8. The van der Waals surface area contributed by atoms with E-state index in [1.54, 1.807) is 7.05 Å². The standard InChI is InChI=1S/C68H125N9O26/c1-69-56(67(88)89)20-18-19-25-70-60(80)50-98-44-39-93-33-27-72-62(82)52-100-46-41-95-35-29-74-64(84)54-102-48-43-97-37-31-76-65(85)55-103-49-42-96-36-30-75-63(83)53-101-47-40-94-34-28-73-61(81)51-99-45-38-92-32-26-71-58(78)24-23-57(68(90)91)77-59(79)21-16-14-12-10-8-6-4-2-3-5-7-9-11-13-15-17-22-66(86)87/h56-57,69H,2-55H2,1H3,(H,70,80)(H,71,78)(H,72,82)(H,73,81)(H,74,84)(H,75,83)(H,76,85)(H,77,79)(H,86,87)(H,88,89)(H,90,91)/t56-,57-/m0/s1. The van der Waals surface area contributed by atoms with Crippen molar-refractivity contribution in [2.75, 3.05) is 211 Å². The molecule has 0 fully saturated rings. The summed E-state index contributed by atoms with van der Waals surface area (Å²) in [7, 11) is 1.59. The van der Waals surface area contributed by atoms with E-state index in [1.165, 1.54) is 57.8 Å². The Morgan fingerprint density at radius 1 is 0.243 bits per heavy atom. The molecule has 0 rings (SSSR count). The number of carboxylic acid groups (broad SMARTS) is 3. The van der Waals surface area contributed by atoms with Gasteiger partial charge in [-0.25, -0.2) is 4.79 Å². The predicted octanol–water partition coefficient (Wildman–Crippen LogP) is 0.298. The molecule has 0 saturated heterocycles. The fourth-order valence-corrected chi connectivity index (χ4v) is 9.21. The molecule has 35 heteroatoms. The van der Waals surface area contributed by atoms with E-state index in [0.717, 1.165) is 38.5 Å². The van der Waals surface area contributed by atoms with Crippen LogP contribution in [0.4, 0.5) is 0 Å². The van der Waals surface area contributed by atoms with Crippen molar-refractivity contribution in [2.24, 2.45) is 0 Å². The minimum atomic E-state index is -1.20. The van der Waals surface area contributed by atoms with Gasteiger partial charge >= 0.3 is 17.9 Å². The molecule has 0 aromatic carbocycles. The number of carbonyl (C=O) groups excluding carboxylic acids is 8. The van der Waals surface area contributed by atoms with Gasteiger partial charge in [-0.3, -0.25) is 47.9 Å². The van der Waals surface area contributed by atoms with Crippen LogP contribution in [0.3, 0.4) is 0 Å². The van der Waals surface area contributed by atoms with E-state index in [-0.39, 0.29) is 271 Å². The molecule has 0 heterocycles. The lowest BCUT2D eigenvalue weighted by Crippen LogP contribution is -2.41. The number of carbonyl (C=O) groups is 11. The number of ether oxygens (including phenoxy) is 12. The first-order chi connectivity index (χ1) is 50.0. The number of hydrogen-bond donors (Lipinski definition) is 12.